The highest BCUT2D eigenvalue weighted by molar-refractivity contribution is 6.44. The van der Waals surface area contributed by atoms with Crippen molar-refractivity contribution in [3.05, 3.63) is 105 Å². The monoisotopic (exact) mass is 461 g/mol. The van der Waals surface area contributed by atoms with Crippen LogP contribution >= 0.6 is 23.2 Å². The fraction of sp³-hybridized carbons (Fsp3) is 0.0400. The standard InChI is InChI=1S/C25H13Cl2NO4/c26-13-7-5-12(6-8-13)22(29)21-19(17-11-14(27)9-10-18(17)28-25(21)32)20-23(30)15-3-1-2-4-16(15)24(20)31/h1-11,21H,(H,28,32). The third-order valence-corrected chi connectivity index (χ3v) is 6.10. The molecule has 1 N–H and O–H groups in total. The number of Topliss-reactive ketones (excluding diaryl/α,β-unsaturated/α-hetero) is 3. The molecule has 0 saturated heterocycles. The Morgan fingerprint density at radius 3 is 1.97 bits per heavy atom. The van der Waals surface area contributed by atoms with Crippen LogP contribution in [0, 0.1) is 5.92 Å². The predicted molar refractivity (Wildman–Crippen MR) is 121 cm³/mol. The lowest BCUT2D eigenvalue weighted by Crippen LogP contribution is -2.36. The van der Waals surface area contributed by atoms with Gasteiger partial charge in [-0.1, -0.05) is 47.5 Å². The number of carbonyl (C=O) groups excluding carboxylic acids is 4. The first kappa shape index (κ1) is 20.4. The normalized spacial score (nSPS) is 17.2. The van der Waals surface area contributed by atoms with Gasteiger partial charge in [0.15, 0.2) is 17.3 Å². The fourth-order valence-electron chi connectivity index (χ4n) is 4.15. The smallest absolute Gasteiger partial charge is 0.239 e. The fourth-order valence-corrected chi connectivity index (χ4v) is 4.44. The van der Waals surface area contributed by atoms with Gasteiger partial charge in [0.25, 0.3) is 0 Å². The summed E-state index contributed by atoms with van der Waals surface area (Å²) in [6.45, 7) is 0. The van der Waals surface area contributed by atoms with E-state index in [2.05, 4.69) is 5.32 Å². The molecule has 0 fully saturated rings. The Kier molecular flexibility index (Phi) is 4.81. The van der Waals surface area contributed by atoms with Crippen LogP contribution in [0.5, 0.6) is 0 Å². The lowest BCUT2D eigenvalue weighted by atomic mass is 9.78. The first-order valence-corrected chi connectivity index (χ1v) is 10.5. The molecule has 0 spiro atoms. The van der Waals surface area contributed by atoms with Gasteiger partial charge in [-0.15, -0.1) is 0 Å². The van der Waals surface area contributed by atoms with Gasteiger partial charge < -0.3 is 5.32 Å². The number of benzene rings is 3. The Morgan fingerprint density at radius 2 is 1.34 bits per heavy atom. The average molecular weight is 462 g/mol. The number of hydrogen-bond donors (Lipinski definition) is 1. The Bertz CT molecular complexity index is 1350. The zero-order valence-corrected chi connectivity index (χ0v) is 17.8. The Hall–Kier alpha value is -3.54. The molecule has 1 unspecified atom stereocenters. The molecule has 0 saturated carbocycles. The van der Waals surface area contributed by atoms with Crippen LogP contribution in [0.2, 0.25) is 10.0 Å². The van der Waals surface area contributed by atoms with Gasteiger partial charge >= 0.3 is 0 Å². The van der Waals surface area contributed by atoms with Crippen LogP contribution in [0.4, 0.5) is 5.69 Å². The molecule has 5 rings (SSSR count). The summed E-state index contributed by atoms with van der Waals surface area (Å²) in [5, 5.41) is 3.47. The van der Waals surface area contributed by atoms with Gasteiger partial charge in [-0.3, -0.25) is 19.2 Å². The highest BCUT2D eigenvalue weighted by Gasteiger charge is 2.44. The van der Waals surface area contributed by atoms with E-state index in [1.54, 1.807) is 42.5 Å². The van der Waals surface area contributed by atoms with Crippen molar-refractivity contribution in [2.75, 3.05) is 5.32 Å². The maximum Gasteiger partial charge on any atom is 0.239 e. The summed E-state index contributed by atoms with van der Waals surface area (Å²) in [7, 11) is 0. The molecule has 0 aromatic heterocycles. The van der Waals surface area contributed by atoms with Crippen molar-refractivity contribution in [3.8, 4) is 0 Å². The minimum atomic E-state index is -1.40. The second kappa shape index (κ2) is 7.55. The van der Waals surface area contributed by atoms with Gasteiger partial charge in [-0.25, -0.2) is 0 Å². The van der Waals surface area contributed by atoms with Gasteiger partial charge in [-0.2, -0.15) is 0 Å². The number of anilines is 1. The first-order chi connectivity index (χ1) is 15.4. The predicted octanol–water partition coefficient (Wildman–Crippen LogP) is 5.28. The second-order valence-corrected chi connectivity index (χ2v) is 8.35. The Labute approximate surface area is 192 Å². The maximum absolute atomic E-state index is 13.5. The number of hydrogen-bond acceptors (Lipinski definition) is 4. The Morgan fingerprint density at radius 1 is 0.750 bits per heavy atom. The zero-order valence-electron chi connectivity index (χ0n) is 16.3. The van der Waals surface area contributed by atoms with E-state index >= 15 is 0 Å². The number of rotatable bonds is 2. The molecular formula is C25H13Cl2NO4. The number of amides is 1. The summed E-state index contributed by atoms with van der Waals surface area (Å²) in [6.07, 6.45) is 0. The SMILES string of the molecule is O=C1C(=C2c3cc(Cl)ccc3NC(=O)C2C(=O)c2ccc(Cl)cc2)C(=O)c2ccccc21. The first-order valence-electron chi connectivity index (χ1n) is 9.70. The van der Waals surface area contributed by atoms with Crippen LogP contribution in [-0.4, -0.2) is 23.3 Å². The summed E-state index contributed by atoms with van der Waals surface area (Å²) >= 11 is 12.1. The molecule has 0 radical (unpaired) electrons. The van der Waals surface area contributed by atoms with Crippen molar-refractivity contribution >= 4 is 57.7 Å². The molecule has 3 aromatic carbocycles. The maximum atomic E-state index is 13.5. The van der Waals surface area contributed by atoms with E-state index in [-0.39, 0.29) is 27.8 Å². The van der Waals surface area contributed by atoms with Crippen LogP contribution < -0.4 is 5.32 Å². The molecule has 156 valence electrons. The van der Waals surface area contributed by atoms with E-state index in [9.17, 15) is 19.2 Å². The van der Waals surface area contributed by atoms with Gasteiger partial charge in [-0.05, 0) is 48.0 Å². The minimum Gasteiger partial charge on any atom is -0.325 e. The van der Waals surface area contributed by atoms with Crippen molar-refractivity contribution in [1.29, 1.82) is 0 Å². The van der Waals surface area contributed by atoms with Crippen molar-refractivity contribution in [1.82, 2.24) is 0 Å². The topological polar surface area (TPSA) is 80.3 Å². The molecule has 7 heteroatoms. The molecule has 3 aromatic rings. The van der Waals surface area contributed by atoms with E-state index in [1.165, 1.54) is 24.3 Å². The number of halogens is 2. The summed E-state index contributed by atoms with van der Waals surface area (Å²) in [4.78, 5) is 53.2. The van der Waals surface area contributed by atoms with Crippen LogP contribution in [-0.2, 0) is 4.79 Å². The van der Waals surface area contributed by atoms with Crippen molar-refractivity contribution in [3.63, 3.8) is 0 Å². The molecule has 32 heavy (non-hydrogen) atoms. The summed E-state index contributed by atoms with van der Waals surface area (Å²) in [5.74, 6) is -3.62. The van der Waals surface area contributed by atoms with E-state index in [1.807, 2.05) is 0 Å². The van der Waals surface area contributed by atoms with Gasteiger partial charge in [0.2, 0.25) is 5.91 Å². The molecule has 1 aliphatic carbocycles. The largest absolute Gasteiger partial charge is 0.325 e. The van der Waals surface area contributed by atoms with Crippen LogP contribution in [0.15, 0.2) is 72.3 Å². The van der Waals surface area contributed by atoms with Gasteiger partial charge in [0.05, 0.1) is 5.57 Å². The number of carbonyl (C=O) groups is 4. The molecule has 1 atom stereocenters. The summed E-state index contributed by atoms with van der Waals surface area (Å²) in [6, 6.07) is 17.2. The van der Waals surface area contributed by atoms with Gasteiger partial charge in [0.1, 0.15) is 5.92 Å². The molecule has 2 aliphatic rings. The zero-order chi connectivity index (χ0) is 22.6. The lowest BCUT2D eigenvalue weighted by Gasteiger charge is -2.28. The van der Waals surface area contributed by atoms with Crippen molar-refractivity contribution in [2.45, 2.75) is 0 Å². The number of fused-ring (bicyclic) bond motifs is 2. The molecule has 1 aliphatic heterocycles. The van der Waals surface area contributed by atoms with Crippen molar-refractivity contribution in [2.24, 2.45) is 5.92 Å². The quantitative estimate of drug-likeness (QED) is 0.243. The molecule has 0 bridgehead atoms. The number of allylic oxidation sites excluding steroid dienone is 1. The van der Waals surface area contributed by atoms with E-state index < -0.39 is 29.2 Å². The molecule has 1 heterocycles. The molecular weight excluding hydrogens is 449 g/mol. The lowest BCUT2D eigenvalue weighted by molar-refractivity contribution is -0.117. The van der Waals surface area contributed by atoms with E-state index in [0.29, 0.717) is 21.3 Å². The van der Waals surface area contributed by atoms with Crippen LogP contribution in [0.25, 0.3) is 5.57 Å². The van der Waals surface area contributed by atoms with Crippen LogP contribution in [0.1, 0.15) is 36.6 Å². The third-order valence-electron chi connectivity index (χ3n) is 5.61. The Balaban J connectivity index is 1.79. The van der Waals surface area contributed by atoms with Crippen LogP contribution in [0.3, 0.4) is 0 Å². The van der Waals surface area contributed by atoms with Gasteiger partial charge in [0, 0.05) is 38.0 Å². The minimum absolute atomic E-state index is 0.0670. The highest BCUT2D eigenvalue weighted by Crippen LogP contribution is 2.43. The molecule has 1 amide bonds. The number of ketones is 3. The van der Waals surface area contributed by atoms with E-state index in [0.717, 1.165) is 0 Å². The number of nitrogens with one attached hydrogen (secondary N) is 1. The average Bonchev–Trinajstić information content (AvgIpc) is 3.03. The summed E-state index contributed by atoms with van der Waals surface area (Å²) < 4.78 is 0. The highest BCUT2D eigenvalue weighted by atomic mass is 35.5. The molecule has 5 nitrogen and oxygen atoms in total. The third kappa shape index (κ3) is 3.09. The van der Waals surface area contributed by atoms with Crippen molar-refractivity contribution < 1.29 is 19.2 Å². The summed E-state index contributed by atoms with van der Waals surface area (Å²) in [5.41, 5.74) is 1.34. The second-order valence-electron chi connectivity index (χ2n) is 7.48. The van der Waals surface area contributed by atoms with E-state index in [4.69, 9.17) is 23.2 Å².